The van der Waals surface area contributed by atoms with E-state index in [0.717, 1.165) is 31.2 Å². The Balaban J connectivity index is 2.03. The van der Waals surface area contributed by atoms with Crippen molar-refractivity contribution < 1.29 is 19.0 Å². The molecule has 6 heteroatoms. The molecule has 0 spiro atoms. The lowest BCUT2D eigenvalue weighted by molar-refractivity contribution is -0.124. The molecule has 0 aromatic heterocycles. The predicted octanol–water partition coefficient (Wildman–Crippen LogP) is 2.63. The van der Waals surface area contributed by atoms with Gasteiger partial charge in [0.25, 0.3) is 0 Å². The van der Waals surface area contributed by atoms with Crippen LogP contribution in [-0.4, -0.2) is 33.8 Å². The summed E-state index contributed by atoms with van der Waals surface area (Å²) >= 11 is 0. The van der Waals surface area contributed by atoms with Crippen LogP contribution in [0.15, 0.2) is 12.1 Å². The fourth-order valence-corrected chi connectivity index (χ4v) is 3.58. The Hall–Kier alpha value is -1.95. The van der Waals surface area contributed by atoms with Gasteiger partial charge in [0.2, 0.25) is 5.91 Å². The average Bonchev–Trinajstić information content (AvgIpc) is 2.66. The van der Waals surface area contributed by atoms with Gasteiger partial charge in [0.1, 0.15) is 5.75 Å². The summed E-state index contributed by atoms with van der Waals surface area (Å²) in [5, 5.41) is 3.00. The van der Waals surface area contributed by atoms with E-state index in [1.807, 2.05) is 6.07 Å². The van der Waals surface area contributed by atoms with Gasteiger partial charge in [-0.3, -0.25) is 4.79 Å². The normalized spacial score (nSPS) is 16.2. The van der Waals surface area contributed by atoms with Crippen LogP contribution < -0.4 is 25.3 Å². The number of nitrogens with two attached hydrogens (primary N) is 1. The third kappa shape index (κ3) is 4.78. The van der Waals surface area contributed by atoms with Gasteiger partial charge in [-0.1, -0.05) is 19.3 Å². The summed E-state index contributed by atoms with van der Waals surface area (Å²) in [6.45, 7) is 0.948. The molecule has 140 valence electrons. The maximum Gasteiger partial charge on any atom is 0.220 e. The first-order valence-electron chi connectivity index (χ1n) is 8.83. The summed E-state index contributed by atoms with van der Waals surface area (Å²) in [7, 11) is 4.76. The van der Waals surface area contributed by atoms with E-state index in [4.69, 9.17) is 19.9 Å². The molecule has 0 bridgehead atoms. The first kappa shape index (κ1) is 19.4. The van der Waals surface area contributed by atoms with Crippen LogP contribution in [0.1, 0.15) is 44.1 Å². The summed E-state index contributed by atoms with van der Waals surface area (Å²) in [6, 6.07) is 3.60. The maximum atomic E-state index is 12.5. The highest BCUT2D eigenvalue weighted by Gasteiger charge is 2.32. The van der Waals surface area contributed by atoms with E-state index in [-0.39, 0.29) is 11.3 Å². The second-order valence-corrected chi connectivity index (χ2v) is 6.74. The van der Waals surface area contributed by atoms with Crippen LogP contribution in [0, 0.1) is 5.41 Å². The van der Waals surface area contributed by atoms with Crippen molar-refractivity contribution in [2.45, 2.75) is 45.1 Å². The van der Waals surface area contributed by atoms with Crippen LogP contribution >= 0.6 is 0 Å². The zero-order chi connectivity index (χ0) is 18.3. The quantitative estimate of drug-likeness (QED) is 0.753. The first-order chi connectivity index (χ1) is 12.1. The number of methoxy groups -OCH3 is 3. The number of carbonyl (C=O) groups is 1. The summed E-state index contributed by atoms with van der Waals surface area (Å²) in [5.41, 5.74) is 6.79. The highest BCUT2D eigenvalue weighted by Crippen LogP contribution is 2.38. The molecule has 6 nitrogen and oxygen atoms in total. The van der Waals surface area contributed by atoms with Gasteiger partial charge in [-0.2, -0.15) is 0 Å². The van der Waals surface area contributed by atoms with E-state index in [1.54, 1.807) is 27.4 Å². The number of nitrogens with one attached hydrogen (secondary N) is 1. The fraction of sp³-hybridized carbons (Fsp3) is 0.632. The molecular formula is C19H30N2O4. The number of carbonyl (C=O) groups excluding carboxylic acids is 1. The number of hydrogen-bond donors (Lipinski definition) is 2. The molecule has 1 amide bonds. The summed E-state index contributed by atoms with van der Waals surface area (Å²) in [6.07, 6.45) is 6.13. The van der Waals surface area contributed by atoms with Crippen LogP contribution in [0.25, 0.3) is 0 Å². The Kier molecular flexibility index (Phi) is 6.93. The third-order valence-corrected chi connectivity index (χ3v) is 5.15. The molecule has 0 atom stereocenters. The first-order valence-corrected chi connectivity index (χ1v) is 8.83. The molecule has 1 aliphatic rings. The molecule has 1 fully saturated rings. The summed E-state index contributed by atoms with van der Waals surface area (Å²) in [5.74, 6) is 1.89. The summed E-state index contributed by atoms with van der Waals surface area (Å²) in [4.78, 5) is 12.5. The van der Waals surface area contributed by atoms with Crippen LogP contribution in [0.5, 0.6) is 17.2 Å². The minimum absolute atomic E-state index is 0.0317. The Morgan fingerprint density at radius 2 is 1.64 bits per heavy atom. The minimum Gasteiger partial charge on any atom is -0.496 e. The lowest BCUT2D eigenvalue weighted by Gasteiger charge is -2.35. The fourth-order valence-electron chi connectivity index (χ4n) is 3.58. The van der Waals surface area contributed by atoms with Crippen molar-refractivity contribution in [2.24, 2.45) is 11.1 Å². The van der Waals surface area contributed by atoms with E-state index in [0.29, 0.717) is 36.8 Å². The SMILES string of the molecule is COc1cc(OC)c(OC)cc1CNC(=O)CC1(CN)CCCCC1. The molecule has 0 radical (unpaired) electrons. The lowest BCUT2D eigenvalue weighted by Crippen LogP contribution is -2.38. The third-order valence-electron chi connectivity index (χ3n) is 5.15. The van der Waals surface area contributed by atoms with E-state index >= 15 is 0 Å². The zero-order valence-corrected chi connectivity index (χ0v) is 15.5. The van der Waals surface area contributed by atoms with Gasteiger partial charge >= 0.3 is 0 Å². The molecule has 25 heavy (non-hydrogen) atoms. The van der Waals surface area contributed by atoms with Gasteiger partial charge in [0.15, 0.2) is 11.5 Å². The summed E-state index contributed by atoms with van der Waals surface area (Å²) < 4.78 is 16.0. The van der Waals surface area contributed by atoms with Gasteiger partial charge in [-0.25, -0.2) is 0 Å². The second-order valence-electron chi connectivity index (χ2n) is 6.74. The maximum absolute atomic E-state index is 12.5. The van der Waals surface area contributed by atoms with Crippen LogP contribution in [0.3, 0.4) is 0 Å². The Morgan fingerprint density at radius 3 is 2.20 bits per heavy atom. The number of amides is 1. The molecule has 2 rings (SSSR count). The van der Waals surface area contributed by atoms with Crippen molar-refractivity contribution in [2.75, 3.05) is 27.9 Å². The van der Waals surface area contributed by atoms with Gasteiger partial charge in [-0.15, -0.1) is 0 Å². The van der Waals surface area contributed by atoms with Gasteiger partial charge in [0, 0.05) is 24.6 Å². The molecule has 0 unspecified atom stereocenters. The number of hydrogen-bond acceptors (Lipinski definition) is 5. The molecule has 0 heterocycles. The van der Waals surface area contributed by atoms with Crippen molar-refractivity contribution in [3.05, 3.63) is 17.7 Å². The molecule has 3 N–H and O–H groups in total. The van der Waals surface area contributed by atoms with Gasteiger partial charge in [-0.05, 0) is 30.9 Å². The highest BCUT2D eigenvalue weighted by atomic mass is 16.5. The minimum atomic E-state index is -0.0377. The molecule has 1 aromatic carbocycles. The van der Waals surface area contributed by atoms with Crippen molar-refractivity contribution in [3.8, 4) is 17.2 Å². The smallest absolute Gasteiger partial charge is 0.220 e. The average molecular weight is 350 g/mol. The van der Waals surface area contributed by atoms with E-state index < -0.39 is 0 Å². The standard InChI is InChI=1S/C19H30N2O4/c1-23-15-10-17(25-3)16(24-2)9-14(15)12-21-18(22)11-19(13-20)7-5-4-6-8-19/h9-10H,4-8,11-13,20H2,1-3H3,(H,21,22). The van der Waals surface area contributed by atoms with Crippen molar-refractivity contribution in [1.29, 1.82) is 0 Å². The highest BCUT2D eigenvalue weighted by molar-refractivity contribution is 5.77. The second kappa shape index (κ2) is 8.94. The van der Waals surface area contributed by atoms with Crippen molar-refractivity contribution in [1.82, 2.24) is 5.32 Å². The number of ether oxygens (including phenoxy) is 3. The Morgan fingerprint density at radius 1 is 1.04 bits per heavy atom. The molecule has 1 aromatic rings. The van der Waals surface area contributed by atoms with Crippen molar-refractivity contribution >= 4 is 5.91 Å². The van der Waals surface area contributed by atoms with Crippen molar-refractivity contribution in [3.63, 3.8) is 0 Å². The zero-order valence-electron chi connectivity index (χ0n) is 15.5. The molecule has 0 saturated heterocycles. The van der Waals surface area contributed by atoms with E-state index in [2.05, 4.69) is 5.32 Å². The molecule has 1 aliphatic carbocycles. The van der Waals surface area contributed by atoms with Gasteiger partial charge < -0.3 is 25.3 Å². The molecular weight excluding hydrogens is 320 g/mol. The van der Waals surface area contributed by atoms with E-state index in [1.165, 1.54) is 6.42 Å². The van der Waals surface area contributed by atoms with Crippen LogP contribution in [-0.2, 0) is 11.3 Å². The predicted molar refractivity (Wildman–Crippen MR) is 97.1 cm³/mol. The number of rotatable bonds is 8. The Bertz CT molecular complexity index is 583. The molecule has 0 aliphatic heterocycles. The topological polar surface area (TPSA) is 82.8 Å². The van der Waals surface area contributed by atoms with Crippen LogP contribution in [0.2, 0.25) is 0 Å². The Labute approximate surface area is 150 Å². The number of benzene rings is 1. The van der Waals surface area contributed by atoms with Gasteiger partial charge in [0.05, 0.1) is 21.3 Å². The van der Waals surface area contributed by atoms with Crippen LogP contribution in [0.4, 0.5) is 0 Å². The van der Waals surface area contributed by atoms with E-state index in [9.17, 15) is 4.79 Å². The largest absolute Gasteiger partial charge is 0.496 e. The lowest BCUT2D eigenvalue weighted by atomic mass is 9.71. The molecule has 1 saturated carbocycles. The monoisotopic (exact) mass is 350 g/mol.